The molecule has 1 aromatic carbocycles. The van der Waals surface area contributed by atoms with Gasteiger partial charge in [0.25, 0.3) is 0 Å². The number of fused-ring (bicyclic) bond motifs is 1. The van der Waals surface area contributed by atoms with Crippen LogP contribution in [0.1, 0.15) is 42.6 Å². The highest BCUT2D eigenvalue weighted by molar-refractivity contribution is 5.93. The molecule has 1 atom stereocenters. The molecule has 8 heteroatoms. The van der Waals surface area contributed by atoms with Crippen molar-refractivity contribution in [3.63, 3.8) is 0 Å². The van der Waals surface area contributed by atoms with Crippen LogP contribution in [-0.4, -0.2) is 44.3 Å². The maximum absolute atomic E-state index is 12.2. The Morgan fingerprint density at radius 2 is 2.06 bits per heavy atom. The van der Waals surface area contributed by atoms with Crippen LogP contribution in [0.2, 0.25) is 0 Å². The minimum absolute atomic E-state index is 0.0180. The molecule has 166 valence electrons. The van der Waals surface area contributed by atoms with Crippen LogP contribution < -0.4 is 11.5 Å². The average molecular weight is 433 g/mol. The summed E-state index contributed by atoms with van der Waals surface area (Å²) in [6.45, 7) is 5.40. The SMILES string of the molecule is CCC(CCn1ccc2c(N)ncnc21)CN(CC#Cc1cccc(C(N)=O)c1)C(C)=O. The van der Waals surface area contributed by atoms with E-state index in [2.05, 4.69) is 33.3 Å². The number of hydrogen-bond donors (Lipinski definition) is 2. The number of anilines is 1. The number of nitrogens with two attached hydrogens (primary N) is 2. The molecule has 0 fully saturated rings. The van der Waals surface area contributed by atoms with E-state index in [1.165, 1.54) is 6.33 Å². The highest BCUT2D eigenvalue weighted by Gasteiger charge is 2.15. The fraction of sp³-hybridized carbons (Fsp3) is 0.333. The fourth-order valence-corrected chi connectivity index (χ4v) is 3.55. The Kier molecular flexibility index (Phi) is 7.45. The first-order chi connectivity index (χ1) is 15.4. The van der Waals surface area contributed by atoms with E-state index in [9.17, 15) is 9.59 Å². The van der Waals surface area contributed by atoms with Gasteiger partial charge in [-0.15, -0.1) is 0 Å². The first-order valence-electron chi connectivity index (χ1n) is 10.6. The van der Waals surface area contributed by atoms with Gasteiger partial charge in [-0.3, -0.25) is 9.59 Å². The second-order valence-corrected chi connectivity index (χ2v) is 7.71. The largest absolute Gasteiger partial charge is 0.383 e. The lowest BCUT2D eigenvalue weighted by Crippen LogP contribution is -2.34. The molecule has 8 nitrogen and oxygen atoms in total. The summed E-state index contributed by atoms with van der Waals surface area (Å²) in [6.07, 6.45) is 5.27. The van der Waals surface area contributed by atoms with E-state index in [4.69, 9.17) is 11.5 Å². The molecule has 0 aliphatic heterocycles. The molecule has 0 radical (unpaired) electrons. The molecule has 0 spiro atoms. The number of carbonyl (C=O) groups is 2. The predicted molar refractivity (Wildman–Crippen MR) is 124 cm³/mol. The molecular formula is C24H28N6O2. The molecule has 2 heterocycles. The van der Waals surface area contributed by atoms with Crippen LogP contribution in [0.3, 0.4) is 0 Å². The van der Waals surface area contributed by atoms with Gasteiger partial charge in [0.1, 0.15) is 17.8 Å². The van der Waals surface area contributed by atoms with E-state index in [0.29, 0.717) is 36.0 Å². The summed E-state index contributed by atoms with van der Waals surface area (Å²) < 4.78 is 2.07. The number of carbonyl (C=O) groups excluding carboxylic acids is 2. The molecule has 0 bridgehead atoms. The van der Waals surface area contributed by atoms with Crippen molar-refractivity contribution in [3.8, 4) is 11.8 Å². The Labute approximate surface area is 187 Å². The second kappa shape index (κ2) is 10.4. The second-order valence-electron chi connectivity index (χ2n) is 7.71. The van der Waals surface area contributed by atoms with Crippen molar-refractivity contribution in [3.05, 3.63) is 54.0 Å². The normalized spacial score (nSPS) is 11.6. The Bertz CT molecular complexity index is 1170. The summed E-state index contributed by atoms with van der Waals surface area (Å²) in [5.74, 6) is 6.34. The van der Waals surface area contributed by atoms with Crippen LogP contribution in [0.4, 0.5) is 5.82 Å². The Hall–Kier alpha value is -3.86. The maximum atomic E-state index is 12.2. The minimum Gasteiger partial charge on any atom is -0.383 e. The highest BCUT2D eigenvalue weighted by Crippen LogP contribution is 2.20. The Morgan fingerprint density at radius 1 is 1.25 bits per heavy atom. The topological polar surface area (TPSA) is 120 Å². The number of hydrogen-bond acceptors (Lipinski definition) is 5. The first kappa shape index (κ1) is 22.8. The van der Waals surface area contributed by atoms with Gasteiger partial charge in [0.05, 0.1) is 11.9 Å². The first-order valence-corrected chi connectivity index (χ1v) is 10.6. The van der Waals surface area contributed by atoms with Crippen molar-refractivity contribution in [1.82, 2.24) is 19.4 Å². The molecule has 3 rings (SSSR count). The standard InChI is InChI=1S/C24H28N6O2/c1-3-18(9-12-29-13-10-21-22(25)27-16-28-24(21)29)15-30(17(2)31)11-5-7-19-6-4-8-20(14-19)23(26)32/h4,6,8,10,13-14,16,18H,3,9,11-12,15H2,1-2H3,(H2,26,32)(H2,25,27,28). The summed E-state index contributed by atoms with van der Waals surface area (Å²) in [6, 6.07) is 8.78. The Balaban J connectivity index is 1.63. The number of amides is 2. The van der Waals surface area contributed by atoms with Gasteiger partial charge in [-0.25, -0.2) is 9.97 Å². The van der Waals surface area contributed by atoms with Gasteiger partial charge in [-0.2, -0.15) is 0 Å². The lowest BCUT2D eigenvalue weighted by atomic mass is 10.0. The number of nitrogen functional groups attached to an aromatic ring is 1. The highest BCUT2D eigenvalue weighted by atomic mass is 16.2. The third-order valence-corrected chi connectivity index (χ3v) is 5.52. The van der Waals surface area contributed by atoms with E-state index in [0.717, 1.165) is 30.4 Å². The van der Waals surface area contributed by atoms with Gasteiger partial charge in [-0.05, 0) is 36.6 Å². The molecular weight excluding hydrogens is 404 g/mol. The molecule has 1 unspecified atom stereocenters. The lowest BCUT2D eigenvalue weighted by molar-refractivity contribution is -0.128. The fourth-order valence-electron chi connectivity index (χ4n) is 3.55. The number of rotatable bonds is 8. The summed E-state index contributed by atoms with van der Waals surface area (Å²) in [7, 11) is 0. The van der Waals surface area contributed by atoms with Gasteiger partial charge >= 0.3 is 0 Å². The van der Waals surface area contributed by atoms with E-state index in [1.807, 2.05) is 18.3 Å². The predicted octanol–water partition coefficient (Wildman–Crippen LogP) is 2.43. The van der Waals surface area contributed by atoms with Crippen LogP contribution in [0.15, 0.2) is 42.9 Å². The van der Waals surface area contributed by atoms with Crippen molar-refractivity contribution in [2.75, 3.05) is 18.8 Å². The minimum atomic E-state index is -0.491. The zero-order valence-corrected chi connectivity index (χ0v) is 18.4. The van der Waals surface area contributed by atoms with E-state index < -0.39 is 5.91 Å². The number of primary amides is 1. The third-order valence-electron chi connectivity index (χ3n) is 5.52. The summed E-state index contributed by atoms with van der Waals surface area (Å²) in [5.41, 5.74) is 13.2. The van der Waals surface area contributed by atoms with Crippen molar-refractivity contribution < 1.29 is 9.59 Å². The van der Waals surface area contributed by atoms with Gasteiger partial charge in [0.2, 0.25) is 11.8 Å². The van der Waals surface area contributed by atoms with Gasteiger partial charge < -0.3 is 20.9 Å². The van der Waals surface area contributed by atoms with Gasteiger partial charge in [0, 0.05) is 37.3 Å². The molecule has 3 aromatic rings. The van der Waals surface area contributed by atoms with Crippen LogP contribution in [0.5, 0.6) is 0 Å². The summed E-state index contributed by atoms with van der Waals surface area (Å²) in [4.78, 5) is 33.6. The van der Waals surface area contributed by atoms with Crippen LogP contribution in [0, 0.1) is 17.8 Å². The quantitative estimate of drug-likeness (QED) is 0.530. The maximum Gasteiger partial charge on any atom is 0.248 e. The summed E-state index contributed by atoms with van der Waals surface area (Å²) in [5, 5.41) is 0.849. The zero-order chi connectivity index (χ0) is 23.1. The van der Waals surface area contributed by atoms with Crippen LogP contribution in [-0.2, 0) is 11.3 Å². The van der Waals surface area contributed by atoms with Crippen LogP contribution in [0.25, 0.3) is 11.0 Å². The number of nitrogens with zero attached hydrogens (tertiary/aromatic N) is 4. The molecule has 32 heavy (non-hydrogen) atoms. The zero-order valence-electron chi connectivity index (χ0n) is 18.4. The van der Waals surface area contributed by atoms with E-state index in [-0.39, 0.29) is 5.91 Å². The van der Waals surface area contributed by atoms with Gasteiger partial charge in [0.15, 0.2) is 0 Å². The van der Waals surface area contributed by atoms with Gasteiger partial charge in [-0.1, -0.05) is 31.3 Å². The molecule has 0 saturated heterocycles. The summed E-state index contributed by atoms with van der Waals surface area (Å²) >= 11 is 0. The molecule has 0 aliphatic rings. The van der Waals surface area contributed by atoms with Crippen molar-refractivity contribution >= 4 is 28.7 Å². The van der Waals surface area contributed by atoms with Crippen molar-refractivity contribution in [2.45, 2.75) is 33.2 Å². The molecule has 2 amide bonds. The smallest absolute Gasteiger partial charge is 0.248 e. The molecule has 0 saturated carbocycles. The lowest BCUT2D eigenvalue weighted by Gasteiger charge is -2.24. The van der Waals surface area contributed by atoms with Crippen molar-refractivity contribution in [1.29, 1.82) is 0 Å². The third kappa shape index (κ3) is 5.64. The average Bonchev–Trinajstić information content (AvgIpc) is 3.20. The number of benzene rings is 1. The van der Waals surface area contributed by atoms with Crippen molar-refractivity contribution in [2.24, 2.45) is 11.7 Å². The van der Waals surface area contributed by atoms with Crippen LogP contribution >= 0.6 is 0 Å². The number of aryl methyl sites for hydroxylation is 1. The molecule has 0 aliphatic carbocycles. The van der Waals surface area contributed by atoms with E-state index in [1.54, 1.807) is 30.0 Å². The Morgan fingerprint density at radius 3 is 2.78 bits per heavy atom. The molecule has 2 aromatic heterocycles. The molecule has 4 N–H and O–H groups in total. The van der Waals surface area contributed by atoms with E-state index >= 15 is 0 Å². The monoisotopic (exact) mass is 432 g/mol. The number of aromatic nitrogens is 3.